The first-order chi connectivity index (χ1) is 10.9. The molecular weight excluding hydrogens is 288 g/mol. The first-order valence-corrected chi connectivity index (χ1v) is 9.70. The van der Waals surface area contributed by atoms with Crippen LogP contribution in [-0.4, -0.2) is 41.3 Å². The molecule has 3 unspecified atom stereocenters. The van der Waals surface area contributed by atoms with E-state index in [0.29, 0.717) is 18.0 Å². The Labute approximate surface area is 141 Å². The molecule has 2 saturated carbocycles. The summed E-state index contributed by atoms with van der Waals surface area (Å²) in [6.45, 7) is 6.73. The molecule has 0 radical (unpaired) electrons. The molecular formula is C19H34N2O2. The zero-order valence-corrected chi connectivity index (χ0v) is 15.1. The molecule has 0 aromatic carbocycles. The van der Waals surface area contributed by atoms with Gasteiger partial charge in [-0.3, -0.25) is 0 Å². The van der Waals surface area contributed by atoms with E-state index in [4.69, 9.17) is 4.74 Å². The van der Waals surface area contributed by atoms with E-state index >= 15 is 0 Å². The average molecular weight is 322 g/mol. The van der Waals surface area contributed by atoms with Crippen LogP contribution < -0.4 is 5.32 Å². The molecule has 3 aliphatic rings. The van der Waals surface area contributed by atoms with Gasteiger partial charge >= 0.3 is 6.09 Å². The van der Waals surface area contributed by atoms with E-state index in [2.05, 4.69) is 5.32 Å². The summed E-state index contributed by atoms with van der Waals surface area (Å²) in [6, 6.07) is 1.70. The molecule has 1 heterocycles. The second kappa shape index (κ2) is 7.00. The number of ether oxygens (including phenoxy) is 1. The summed E-state index contributed by atoms with van der Waals surface area (Å²) in [5.41, 5.74) is -0.401. The molecule has 0 aromatic heterocycles. The highest BCUT2D eigenvalue weighted by Gasteiger charge is 2.42. The van der Waals surface area contributed by atoms with Crippen molar-refractivity contribution in [2.45, 2.75) is 102 Å². The molecule has 1 N–H and O–H groups in total. The summed E-state index contributed by atoms with van der Waals surface area (Å²) in [5.74, 6) is 0.616. The molecule has 1 aliphatic heterocycles. The highest BCUT2D eigenvalue weighted by Crippen LogP contribution is 2.37. The molecule has 1 amide bonds. The molecule has 2 aliphatic carbocycles. The van der Waals surface area contributed by atoms with Crippen molar-refractivity contribution in [3.05, 3.63) is 0 Å². The van der Waals surface area contributed by atoms with Gasteiger partial charge in [-0.05, 0) is 65.2 Å². The van der Waals surface area contributed by atoms with Crippen LogP contribution in [-0.2, 0) is 4.74 Å². The Bertz CT molecular complexity index is 412. The van der Waals surface area contributed by atoms with E-state index in [1.54, 1.807) is 0 Å². The summed E-state index contributed by atoms with van der Waals surface area (Å²) in [5, 5.41) is 3.93. The minimum Gasteiger partial charge on any atom is -0.444 e. The number of carbonyl (C=O) groups excluding carboxylic acids is 1. The molecule has 0 aromatic rings. The van der Waals surface area contributed by atoms with Gasteiger partial charge in [-0.2, -0.15) is 0 Å². The van der Waals surface area contributed by atoms with Crippen LogP contribution in [0.4, 0.5) is 4.79 Å². The lowest BCUT2D eigenvalue weighted by atomic mass is 9.91. The maximum Gasteiger partial charge on any atom is 0.410 e. The van der Waals surface area contributed by atoms with Gasteiger partial charge in [0.05, 0.1) is 0 Å². The fourth-order valence-electron chi connectivity index (χ4n) is 4.84. The van der Waals surface area contributed by atoms with Crippen LogP contribution in [0.2, 0.25) is 0 Å². The molecule has 0 spiro atoms. The normalized spacial score (nSPS) is 32.7. The number of amides is 1. The summed E-state index contributed by atoms with van der Waals surface area (Å²) in [7, 11) is 0. The van der Waals surface area contributed by atoms with E-state index in [9.17, 15) is 4.79 Å². The molecule has 3 atom stereocenters. The quantitative estimate of drug-likeness (QED) is 0.851. The van der Waals surface area contributed by atoms with Gasteiger partial charge in [0, 0.05) is 24.7 Å². The molecule has 1 saturated heterocycles. The Kier molecular flexibility index (Phi) is 5.19. The van der Waals surface area contributed by atoms with Crippen LogP contribution in [0.25, 0.3) is 0 Å². The number of carbonyl (C=O) groups is 1. The lowest BCUT2D eigenvalue weighted by Gasteiger charge is -2.35. The van der Waals surface area contributed by atoms with Crippen LogP contribution in [0.3, 0.4) is 0 Å². The van der Waals surface area contributed by atoms with Crippen molar-refractivity contribution in [1.29, 1.82) is 0 Å². The Morgan fingerprint density at radius 1 is 1.00 bits per heavy atom. The van der Waals surface area contributed by atoms with Gasteiger partial charge in [0.2, 0.25) is 0 Å². The van der Waals surface area contributed by atoms with Crippen LogP contribution >= 0.6 is 0 Å². The van der Waals surface area contributed by atoms with Crippen LogP contribution in [0.5, 0.6) is 0 Å². The average Bonchev–Trinajstić information content (AvgIpc) is 3.17. The highest BCUT2D eigenvalue weighted by atomic mass is 16.6. The lowest BCUT2D eigenvalue weighted by molar-refractivity contribution is 0.0165. The van der Waals surface area contributed by atoms with Gasteiger partial charge in [0.25, 0.3) is 0 Å². The first-order valence-electron chi connectivity index (χ1n) is 9.70. The van der Waals surface area contributed by atoms with E-state index in [0.717, 1.165) is 25.4 Å². The third kappa shape index (κ3) is 4.20. The van der Waals surface area contributed by atoms with Crippen molar-refractivity contribution in [1.82, 2.24) is 10.2 Å². The third-order valence-corrected chi connectivity index (χ3v) is 5.80. The number of nitrogens with zero attached hydrogens (tertiary/aromatic N) is 1. The number of nitrogens with one attached hydrogen (secondary N) is 1. The predicted molar refractivity (Wildman–Crippen MR) is 92.5 cm³/mol. The monoisotopic (exact) mass is 322 g/mol. The maximum atomic E-state index is 12.6. The molecule has 132 valence electrons. The lowest BCUT2D eigenvalue weighted by Crippen LogP contribution is -2.49. The molecule has 23 heavy (non-hydrogen) atoms. The van der Waals surface area contributed by atoms with E-state index < -0.39 is 5.60 Å². The van der Waals surface area contributed by atoms with Crippen LogP contribution in [0.15, 0.2) is 0 Å². The van der Waals surface area contributed by atoms with Gasteiger partial charge in [-0.25, -0.2) is 4.79 Å². The molecule has 0 bridgehead atoms. The van der Waals surface area contributed by atoms with E-state index in [1.807, 2.05) is 25.7 Å². The second-order valence-corrected chi connectivity index (χ2v) is 8.73. The van der Waals surface area contributed by atoms with Crippen molar-refractivity contribution < 1.29 is 9.53 Å². The topological polar surface area (TPSA) is 41.6 Å². The van der Waals surface area contributed by atoms with E-state index in [-0.39, 0.29) is 6.09 Å². The van der Waals surface area contributed by atoms with Gasteiger partial charge in [-0.15, -0.1) is 0 Å². The van der Waals surface area contributed by atoms with Crippen molar-refractivity contribution in [3.63, 3.8) is 0 Å². The Morgan fingerprint density at radius 3 is 2.43 bits per heavy atom. The number of hydrogen-bond donors (Lipinski definition) is 1. The Morgan fingerprint density at radius 2 is 1.74 bits per heavy atom. The van der Waals surface area contributed by atoms with E-state index in [1.165, 1.54) is 44.9 Å². The highest BCUT2D eigenvalue weighted by molar-refractivity contribution is 5.69. The minimum atomic E-state index is -0.401. The van der Waals surface area contributed by atoms with Crippen molar-refractivity contribution >= 4 is 6.09 Å². The fraction of sp³-hybridized carbons (Fsp3) is 0.947. The number of rotatable bonds is 3. The Balaban J connectivity index is 1.62. The standard InChI is InChI=1S/C19H34N2O2/c1-19(2,3)23-18(22)21-13-7-12-17(21)15-10-6-11-16(15)20-14-8-4-5-9-14/h14-17,20H,4-13H2,1-3H3. The molecule has 3 fully saturated rings. The summed E-state index contributed by atoms with van der Waals surface area (Å²) < 4.78 is 5.65. The predicted octanol–water partition coefficient (Wildman–Crippen LogP) is 4.09. The summed E-state index contributed by atoms with van der Waals surface area (Å²) in [4.78, 5) is 14.6. The third-order valence-electron chi connectivity index (χ3n) is 5.80. The SMILES string of the molecule is CC(C)(C)OC(=O)N1CCCC1C1CCCC1NC1CCCC1. The smallest absolute Gasteiger partial charge is 0.410 e. The maximum absolute atomic E-state index is 12.6. The minimum absolute atomic E-state index is 0.105. The largest absolute Gasteiger partial charge is 0.444 e. The van der Waals surface area contributed by atoms with Gasteiger partial charge in [0.1, 0.15) is 5.60 Å². The van der Waals surface area contributed by atoms with Crippen LogP contribution in [0, 0.1) is 5.92 Å². The number of likely N-dealkylation sites (tertiary alicyclic amines) is 1. The fourth-order valence-corrected chi connectivity index (χ4v) is 4.84. The summed E-state index contributed by atoms with van der Waals surface area (Å²) in [6.07, 6.45) is 11.4. The zero-order chi connectivity index (χ0) is 16.4. The van der Waals surface area contributed by atoms with Gasteiger partial charge in [0.15, 0.2) is 0 Å². The van der Waals surface area contributed by atoms with Gasteiger partial charge in [-0.1, -0.05) is 19.3 Å². The van der Waals surface area contributed by atoms with Crippen molar-refractivity contribution in [2.24, 2.45) is 5.92 Å². The first kappa shape index (κ1) is 17.1. The molecule has 4 heteroatoms. The molecule has 4 nitrogen and oxygen atoms in total. The van der Waals surface area contributed by atoms with Crippen molar-refractivity contribution in [2.75, 3.05) is 6.54 Å². The van der Waals surface area contributed by atoms with Gasteiger partial charge < -0.3 is 15.0 Å². The Hall–Kier alpha value is -0.770. The van der Waals surface area contributed by atoms with Crippen molar-refractivity contribution in [3.8, 4) is 0 Å². The number of hydrogen-bond acceptors (Lipinski definition) is 3. The molecule has 3 rings (SSSR count). The second-order valence-electron chi connectivity index (χ2n) is 8.73. The zero-order valence-electron chi connectivity index (χ0n) is 15.1. The van der Waals surface area contributed by atoms with Crippen LogP contribution in [0.1, 0.15) is 78.6 Å². The summed E-state index contributed by atoms with van der Waals surface area (Å²) >= 11 is 0.